The molecule has 0 heterocycles. The molecule has 6 nitrogen and oxygen atoms in total. The molecule has 1 amide bonds. The van der Waals surface area contributed by atoms with Gasteiger partial charge in [0.05, 0.1) is 27.9 Å². The van der Waals surface area contributed by atoms with Crippen LogP contribution in [-0.2, 0) is 16.2 Å². The van der Waals surface area contributed by atoms with Crippen LogP contribution in [0.15, 0.2) is 82.8 Å². The predicted octanol–water partition coefficient (Wildman–Crippen LogP) is 4.92. The molecule has 11 heteroatoms. The Morgan fingerprint density at radius 2 is 1.56 bits per heavy atom. The van der Waals surface area contributed by atoms with Crippen LogP contribution in [0.25, 0.3) is 0 Å². The lowest BCUT2D eigenvalue weighted by Crippen LogP contribution is -2.21. The number of hydrazone groups is 1. The zero-order chi connectivity index (χ0) is 23.4. The minimum Gasteiger partial charge on any atom is -0.279 e. The smallest absolute Gasteiger partial charge is 0.279 e. The maximum atomic E-state index is 13.1. The molecule has 0 radical (unpaired) electrons. The van der Waals surface area contributed by atoms with Gasteiger partial charge in [0.1, 0.15) is 0 Å². The fraction of sp³-hybridized carbons (Fsp3) is 0.0476. The molecule has 0 aliphatic rings. The topological polar surface area (TPSA) is 87.6 Å². The lowest BCUT2D eigenvalue weighted by atomic mass is 10.1. The second kappa shape index (κ2) is 9.41. The van der Waals surface area contributed by atoms with E-state index in [9.17, 15) is 26.4 Å². The molecule has 166 valence electrons. The Balaban J connectivity index is 1.80. The quantitative estimate of drug-likeness (QED) is 0.387. The van der Waals surface area contributed by atoms with Gasteiger partial charge in [0.25, 0.3) is 15.9 Å². The first-order valence-electron chi connectivity index (χ1n) is 8.95. The van der Waals surface area contributed by atoms with Gasteiger partial charge in [-0.05, 0) is 42.5 Å². The molecule has 3 aromatic rings. The number of carbonyl (C=O) groups excluding carboxylic acids is 1. The molecular weight excluding hydrogens is 467 g/mol. The summed E-state index contributed by atoms with van der Waals surface area (Å²) in [6.07, 6.45) is -3.72. The number of rotatable bonds is 6. The van der Waals surface area contributed by atoms with Crippen LogP contribution in [0, 0.1) is 0 Å². The third kappa shape index (κ3) is 5.65. The summed E-state index contributed by atoms with van der Waals surface area (Å²) in [6.45, 7) is 0. The number of sulfonamides is 1. The van der Waals surface area contributed by atoms with Crippen molar-refractivity contribution in [3.63, 3.8) is 0 Å². The molecule has 0 bridgehead atoms. The predicted molar refractivity (Wildman–Crippen MR) is 115 cm³/mol. The van der Waals surface area contributed by atoms with Crippen LogP contribution in [0.3, 0.4) is 0 Å². The molecule has 0 saturated heterocycles. The summed E-state index contributed by atoms with van der Waals surface area (Å²) < 4.78 is 66.7. The standard InChI is InChI=1S/C21H15ClF3N3O3S/c22-15-9-11-16(12-10-15)32(30,31)28-19-8-4-2-6-17(19)20(29)27-26-13-14-5-1-3-7-18(14)21(23,24)25/h1-13,28H,(H,27,29). The van der Waals surface area contributed by atoms with Gasteiger partial charge in [0, 0.05) is 10.6 Å². The van der Waals surface area contributed by atoms with E-state index in [1.807, 2.05) is 0 Å². The zero-order valence-corrected chi connectivity index (χ0v) is 17.7. The Kier molecular flexibility index (Phi) is 6.85. The van der Waals surface area contributed by atoms with Gasteiger partial charge >= 0.3 is 6.18 Å². The first-order chi connectivity index (χ1) is 15.1. The van der Waals surface area contributed by atoms with E-state index in [1.54, 1.807) is 0 Å². The van der Waals surface area contributed by atoms with Crippen molar-refractivity contribution in [2.75, 3.05) is 4.72 Å². The fourth-order valence-electron chi connectivity index (χ4n) is 2.68. The van der Waals surface area contributed by atoms with E-state index in [0.717, 1.165) is 12.3 Å². The average molecular weight is 482 g/mol. The number of amides is 1. The van der Waals surface area contributed by atoms with Gasteiger partial charge in [0.15, 0.2) is 0 Å². The summed E-state index contributed by atoms with van der Waals surface area (Å²) in [5.41, 5.74) is 0.850. The number of hydrogen-bond donors (Lipinski definition) is 2. The maximum Gasteiger partial charge on any atom is 0.417 e. The van der Waals surface area contributed by atoms with Crippen LogP contribution in [0.4, 0.5) is 18.9 Å². The van der Waals surface area contributed by atoms with Crippen molar-refractivity contribution in [2.45, 2.75) is 11.1 Å². The number of alkyl halides is 3. The van der Waals surface area contributed by atoms with E-state index < -0.39 is 27.7 Å². The molecule has 2 N–H and O–H groups in total. The van der Waals surface area contributed by atoms with Crippen LogP contribution < -0.4 is 10.1 Å². The number of hydrogen-bond acceptors (Lipinski definition) is 4. The molecule has 0 aliphatic heterocycles. The molecular formula is C21H15ClF3N3O3S. The molecule has 3 rings (SSSR count). The molecule has 0 atom stereocenters. The highest BCUT2D eigenvalue weighted by Gasteiger charge is 2.32. The minimum absolute atomic E-state index is 0.0363. The molecule has 0 spiro atoms. The fourth-order valence-corrected chi connectivity index (χ4v) is 3.88. The summed E-state index contributed by atoms with van der Waals surface area (Å²) in [6, 6.07) is 15.9. The molecule has 0 unspecified atom stereocenters. The summed E-state index contributed by atoms with van der Waals surface area (Å²) in [7, 11) is -4.02. The van der Waals surface area contributed by atoms with E-state index in [0.29, 0.717) is 5.02 Å². The number of anilines is 1. The molecule has 0 aromatic heterocycles. The first-order valence-corrected chi connectivity index (χ1v) is 10.8. The second-order valence-electron chi connectivity index (χ2n) is 6.39. The van der Waals surface area contributed by atoms with E-state index in [1.165, 1.54) is 66.7 Å². The third-order valence-corrected chi connectivity index (χ3v) is 5.81. The molecule has 0 saturated carbocycles. The lowest BCUT2D eigenvalue weighted by molar-refractivity contribution is -0.137. The number of halogens is 4. The van der Waals surface area contributed by atoms with E-state index >= 15 is 0 Å². The van der Waals surface area contributed by atoms with Gasteiger partial charge in [-0.2, -0.15) is 18.3 Å². The average Bonchev–Trinajstić information content (AvgIpc) is 2.74. The second-order valence-corrected chi connectivity index (χ2v) is 8.51. The number of carbonyl (C=O) groups is 1. The normalized spacial score (nSPS) is 12.0. The minimum atomic E-state index is -4.58. The highest BCUT2D eigenvalue weighted by Crippen LogP contribution is 2.31. The van der Waals surface area contributed by atoms with Crippen molar-refractivity contribution < 1.29 is 26.4 Å². The van der Waals surface area contributed by atoms with E-state index in [4.69, 9.17) is 11.6 Å². The van der Waals surface area contributed by atoms with Crippen LogP contribution in [-0.4, -0.2) is 20.5 Å². The van der Waals surface area contributed by atoms with Gasteiger partial charge in [-0.15, -0.1) is 0 Å². The SMILES string of the molecule is O=C(NN=Cc1ccccc1C(F)(F)F)c1ccccc1NS(=O)(=O)c1ccc(Cl)cc1. The first kappa shape index (κ1) is 23.3. The van der Waals surface area contributed by atoms with E-state index in [-0.39, 0.29) is 21.7 Å². The summed E-state index contributed by atoms with van der Waals surface area (Å²) >= 11 is 5.77. The highest BCUT2D eigenvalue weighted by molar-refractivity contribution is 7.92. The largest absolute Gasteiger partial charge is 0.417 e. The van der Waals surface area contributed by atoms with Crippen molar-refractivity contribution in [1.82, 2.24) is 5.43 Å². The van der Waals surface area contributed by atoms with Crippen molar-refractivity contribution in [3.8, 4) is 0 Å². The molecule has 0 aliphatic carbocycles. The van der Waals surface area contributed by atoms with Crippen molar-refractivity contribution >= 4 is 39.4 Å². The highest BCUT2D eigenvalue weighted by atomic mass is 35.5. The number of nitrogens with one attached hydrogen (secondary N) is 2. The Morgan fingerprint density at radius 3 is 2.25 bits per heavy atom. The van der Waals surface area contributed by atoms with Crippen LogP contribution in [0.5, 0.6) is 0 Å². The number of nitrogens with zero attached hydrogens (tertiary/aromatic N) is 1. The Morgan fingerprint density at radius 1 is 0.938 bits per heavy atom. The van der Waals surface area contributed by atoms with Gasteiger partial charge < -0.3 is 0 Å². The van der Waals surface area contributed by atoms with Gasteiger partial charge in [-0.3, -0.25) is 9.52 Å². The summed E-state index contributed by atoms with van der Waals surface area (Å²) in [4.78, 5) is 12.4. The van der Waals surface area contributed by atoms with E-state index in [2.05, 4.69) is 15.2 Å². The van der Waals surface area contributed by atoms with Crippen molar-refractivity contribution in [2.24, 2.45) is 5.10 Å². The maximum absolute atomic E-state index is 13.1. The Labute approximate surface area is 186 Å². The third-order valence-electron chi connectivity index (χ3n) is 4.18. The number of benzene rings is 3. The van der Waals surface area contributed by atoms with Crippen LogP contribution in [0.1, 0.15) is 21.5 Å². The van der Waals surface area contributed by atoms with Crippen LogP contribution in [0.2, 0.25) is 5.02 Å². The summed E-state index contributed by atoms with van der Waals surface area (Å²) in [5.74, 6) is -0.819. The molecule has 0 fully saturated rings. The Bertz CT molecular complexity index is 1260. The van der Waals surface area contributed by atoms with Crippen molar-refractivity contribution in [3.05, 3.63) is 94.5 Å². The van der Waals surface area contributed by atoms with Gasteiger partial charge in [-0.1, -0.05) is 41.9 Å². The zero-order valence-electron chi connectivity index (χ0n) is 16.1. The van der Waals surface area contributed by atoms with Gasteiger partial charge in [0.2, 0.25) is 0 Å². The van der Waals surface area contributed by atoms with Crippen LogP contribution >= 0.6 is 11.6 Å². The van der Waals surface area contributed by atoms with Crippen molar-refractivity contribution in [1.29, 1.82) is 0 Å². The summed E-state index contributed by atoms with van der Waals surface area (Å²) in [5, 5.41) is 3.94. The number of para-hydroxylation sites is 1. The lowest BCUT2D eigenvalue weighted by Gasteiger charge is -2.12. The Hall–Kier alpha value is -3.37. The molecule has 32 heavy (non-hydrogen) atoms. The molecule has 3 aromatic carbocycles. The monoisotopic (exact) mass is 481 g/mol. The van der Waals surface area contributed by atoms with Gasteiger partial charge in [-0.25, -0.2) is 13.8 Å².